The predicted octanol–water partition coefficient (Wildman–Crippen LogP) is 4.36. The standard InChI is InChI=1S/C22H18O5/c23-20-14(10-16-6-2-8-18-21(16)26-12-24-18)4-1-5-15(20)11-17-7-3-9-19-22(17)27-13-25-19/h2-3,6-11H,1,4-5,12-13H2/b14-10-,15-11+. The van der Waals surface area contributed by atoms with Gasteiger partial charge in [-0.2, -0.15) is 0 Å². The zero-order valence-electron chi connectivity index (χ0n) is 14.7. The molecule has 0 unspecified atom stereocenters. The number of allylic oxidation sites excluding steroid dienone is 2. The number of hydrogen-bond acceptors (Lipinski definition) is 5. The normalized spacial score (nSPS) is 20.5. The quantitative estimate of drug-likeness (QED) is 0.743. The number of Topliss-reactive ketones (excluding diaryl/α,β-unsaturated/α-hetero) is 1. The third-order valence-electron chi connectivity index (χ3n) is 4.99. The summed E-state index contributed by atoms with van der Waals surface area (Å²) in [6, 6.07) is 11.5. The second-order valence-electron chi connectivity index (χ2n) is 6.68. The highest BCUT2D eigenvalue weighted by atomic mass is 16.7. The van der Waals surface area contributed by atoms with Gasteiger partial charge in [0.05, 0.1) is 0 Å². The van der Waals surface area contributed by atoms with E-state index in [1.54, 1.807) is 0 Å². The minimum atomic E-state index is 0.0780. The highest BCUT2D eigenvalue weighted by molar-refractivity contribution is 6.14. The molecule has 0 atom stereocenters. The molecule has 0 N–H and O–H groups in total. The Bertz CT molecular complexity index is 909. The number of hydrogen-bond donors (Lipinski definition) is 0. The molecule has 1 saturated carbocycles. The Labute approximate surface area is 156 Å². The van der Waals surface area contributed by atoms with Crippen LogP contribution < -0.4 is 18.9 Å². The van der Waals surface area contributed by atoms with Crippen LogP contribution in [0.2, 0.25) is 0 Å². The van der Waals surface area contributed by atoms with Gasteiger partial charge in [-0.15, -0.1) is 0 Å². The first-order chi connectivity index (χ1) is 13.3. The predicted molar refractivity (Wildman–Crippen MR) is 99.9 cm³/mol. The summed E-state index contributed by atoms with van der Waals surface area (Å²) in [5, 5.41) is 0. The van der Waals surface area contributed by atoms with Crippen molar-refractivity contribution in [1.82, 2.24) is 0 Å². The third-order valence-corrected chi connectivity index (χ3v) is 4.99. The van der Waals surface area contributed by atoms with Crippen molar-refractivity contribution >= 4 is 17.9 Å². The molecular weight excluding hydrogens is 344 g/mol. The van der Waals surface area contributed by atoms with Gasteiger partial charge in [0.15, 0.2) is 28.8 Å². The fraction of sp³-hybridized carbons (Fsp3) is 0.227. The maximum Gasteiger partial charge on any atom is 0.231 e. The zero-order valence-corrected chi connectivity index (χ0v) is 14.7. The minimum absolute atomic E-state index is 0.0780. The molecule has 1 fully saturated rings. The van der Waals surface area contributed by atoms with Gasteiger partial charge >= 0.3 is 0 Å². The van der Waals surface area contributed by atoms with Crippen molar-refractivity contribution in [2.45, 2.75) is 19.3 Å². The molecule has 1 aliphatic carbocycles. The fourth-order valence-corrected chi connectivity index (χ4v) is 3.69. The van der Waals surface area contributed by atoms with Crippen molar-refractivity contribution < 1.29 is 23.7 Å². The molecule has 0 radical (unpaired) electrons. The van der Waals surface area contributed by atoms with E-state index in [1.165, 1.54) is 0 Å². The number of carbonyl (C=O) groups is 1. The van der Waals surface area contributed by atoms with Crippen molar-refractivity contribution in [2.75, 3.05) is 13.6 Å². The van der Waals surface area contributed by atoms with E-state index in [0.29, 0.717) is 11.5 Å². The Morgan fingerprint density at radius 2 is 1.22 bits per heavy atom. The van der Waals surface area contributed by atoms with Gasteiger partial charge in [-0.1, -0.05) is 24.3 Å². The van der Waals surface area contributed by atoms with Crippen molar-refractivity contribution in [3.63, 3.8) is 0 Å². The van der Waals surface area contributed by atoms with Crippen molar-refractivity contribution in [3.8, 4) is 23.0 Å². The Morgan fingerprint density at radius 1 is 0.704 bits per heavy atom. The van der Waals surface area contributed by atoms with Crippen LogP contribution in [0.15, 0.2) is 47.5 Å². The molecule has 5 heteroatoms. The molecular formula is C22H18O5. The van der Waals surface area contributed by atoms with Crippen LogP contribution in [-0.2, 0) is 4.79 Å². The first-order valence-corrected chi connectivity index (χ1v) is 9.03. The lowest BCUT2D eigenvalue weighted by Crippen LogP contribution is -2.12. The van der Waals surface area contributed by atoms with Gasteiger partial charge < -0.3 is 18.9 Å². The number of carbonyl (C=O) groups excluding carboxylic acids is 1. The molecule has 0 spiro atoms. The topological polar surface area (TPSA) is 54.0 Å². The minimum Gasteiger partial charge on any atom is -0.454 e. The summed E-state index contributed by atoms with van der Waals surface area (Å²) < 4.78 is 22.0. The number of para-hydroxylation sites is 2. The van der Waals surface area contributed by atoms with Crippen molar-refractivity contribution in [1.29, 1.82) is 0 Å². The number of rotatable bonds is 2. The van der Waals surface area contributed by atoms with E-state index in [9.17, 15) is 4.79 Å². The molecule has 0 aromatic heterocycles. The highest BCUT2D eigenvalue weighted by Gasteiger charge is 2.24. The molecule has 3 aliphatic rings. The van der Waals surface area contributed by atoms with Crippen LogP contribution in [0.1, 0.15) is 30.4 Å². The SMILES string of the molecule is O=C1/C(=C\c2cccc3c2OCO3)CCC/C1=C\c1cccc2c1OCO2. The molecule has 2 heterocycles. The van der Waals surface area contributed by atoms with Crippen molar-refractivity contribution in [2.24, 2.45) is 0 Å². The lowest BCUT2D eigenvalue weighted by atomic mass is 9.86. The summed E-state index contributed by atoms with van der Waals surface area (Å²) in [7, 11) is 0. The van der Waals surface area contributed by atoms with Crippen LogP contribution in [0.3, 0.4) is 0 Å². The molecule has 0 saturated heterocycles. The van der Waals surface area contributed by atoms with Crippen LogP contribution in [0.5, 0.6) is 23.0 Å². The van der Waals surface area contributed by atoms with E-state index in [0.717, 1.165) is 53.0 Å². The third kappa shape index (κ3) is 2.85. The van der Waals surface area contributed by atoms with Crippen LogP contribution in [0.4, 0.5) is 0 Å². The second-order valence-corrected chi connectivity index (χ2v) is 6.68. The van der Waals surface area contributed by atoms with Gasteiger partial charge in [-0.3, -0.25) is 4.79 Å². The number of ketones is 1. The summed E-state index contributed by atoms with van der Waals surface area (Å²) >= 11 is 0. The zero-order chi connectivity index (χ0) is 18.2. The lowest BCUT2D eigenvalue weighted by Gasteiger charge is -2.17. The van der Waals surface area contributed by atoms with Crippen LogP contribution in [0, 0.1) is 0 Å². The lowest BCUT2D eigenvalue weighted by molar-refractivity contribution is -0.112. The summed E-state index contributed by atoms with van der Waals surface area (Å²) in [4.78, 5) is 13.1. The van der Waals surface area contributed by atoms with E-state index in [2.05, 4.69) is 0 Å². The second kappa shape index (κ2) is 6.50. The van der Waals surface area contributed by atoms with E-state index in [1.807, 2.05) is 48.6 Å². The van der Waals surface area contributed by atoms with Gasteiger partial charge in [-0.05, 0) is 43.5 Å². The fourth-order valence-electron chi connectivity index (χ4n) is 3.69. The first kappa shape index (κ1) is 16.0. The van der Waals surface area contributed by atoms with Gasteiger partial charge in [0.2, 0.25) is 13.6 Å². The van der Waals surface area contributed by atoms with Crippen molar-refractivity contribution in [3.05, 3.63) is 58.7 Å². The Balaban J connectivity index is 1.49. The van der Waals surface area contributed by atoms with Crippen LogP contribution in [-0.4, -0.2) is 19.4 Å². The Kier molecular flexibility index (Phi) is 3.85. The molecule has 0 amide bonds. The highest BCUT2D eigenvalue weighted by Crippen LogP contribution is 2.39. The molecule has 2 aromatic rings. The molecule has 5 nitrogen and oxygen atoms in total. The van der Waals surface area contributed by atoms with E-state index >= 15 is 0 Å². The van der Waals surface area contributed by atoms with Gasteiger partial charge in [0.25, 0.3) is 0 Å². The molecule has 0 bridgehead atoms. The monoisotopic (exact) mass is 362 g/mol. The molecule has 136 valence electrons. The maximum atomic E-state index is 13.1. The Morgan fingerprint density at radius 3 is 1.74 bits per heavy atom. The molecule has 2 aliphatic heterocycles. The van der Waals surface area contributed by atoms with Gasteiger partial charge in [-0.25, -0.2) is 0 Å². The van der Waals surface area contributed by atoms with E-state index in [-0.39, 0.29) is 19.4 Å². The Hall–Kier alpha value is -3.21. The first-order valence-electron chi connectivity index (χ1n) is 9.03. The number of ether oxygens (including phenoxy) is 4. The number of fused-ring (bicyclic) bond motifs is 2. The van der Waals surface area contributed by atoms with Crippen LogP contribution >= 0.6 is 0 Å². The van der Waals surface area contributed by atoms with Gasteiger partial charge in [0.1, 0.15) is 0 Å². The van der Waals surface area contributed by atoms with E-state index in [4.69, 9.17) is 18.9 Å². The largest absolute Gasteiger partial charge is 0.454 e. The molecule has 27 heavy (non-hydrogen) atoms. The number of benzene rings is 2. The molecule has 5 rings (SSSR count). The average Bonchev–Trinajstić information content (AvgIpc) is 3.35. The summed E-state index contributed by atoms with van der Waals surface area (Å²) in [6.07, 6.45) is 6.30. The van der Waals surface area contributed by atoms with Gasteiger partial charge in [0, 0.05) is 22.3 Å². The van der Waals surface area contributed by atoms with E-state index < -0.39 is 0 Å². The average molecular weight is 362 g/mol. The summed E-state index contributed by atoms with van der Waals surface area (Å²) in [5.74, 6) is 2.94. The summed E-state index contributed by atoms with van der Waals surface area (Å²) in [5.41, 5.74) is 3.35. The maximum absolute atomic E-state index is 13.1. The van der Waals surface area contributed by atoms with Crippen LogP contribution in [0.25, 0.3) is 12.2 Å². The summed E-state index contributed by atoms with van der Waals surface area (Å²) in [6.45, 7) is 0.436. The smallest absolute Gasteiger partial charge is 0.231 e. The molecule has 2 aromatic carbocycles.